The summed E-state index contributed by atoms with van der Waals surface area (Å²) in [6.07, 6.45) is 1.42. The number of aryl methyl sites for hydroxylation is 1. The Kier molecular flexibility index (Phi) is 4.29. The number of ether oxygens (including phenoxy) is 1. The predicted octanol–water partition coefficient (Wildman–Crippen LogP) is 2.69. The highest BCUT2D eigenvalue weighted by Gasteiger charge is 2.08. The molecule has 0 saturated heterocycles. The van der Waals surface area contributed by atoms with Gasteiger partial charge in [0.2, 0.25) is 0 Å². The number of benzene rings is 2. The van der Waals surface area contributed by atoms with Gasteiger partial charge in [-0.1, -0.05) is 18.2 Å². The SMILES string of the molecule is CCOc1cccc(/C=N\n2c(C)nc3ccccc3c2=O)c1O. The molecule has 0 aliphatic heterocycles. The van der Waals surface area contributed by atoms with Crippen LogP contribution >= 0.6 is 0 Å². The standard InChI is InChI=1S/C18H17N3O3/c1-3-24-16-10-6-7-13(17(16)22)11-19-21-12(2)20-15-9-5-4-8-14(15)18(21)23/h4-11,22H,3H2,1-2H3/b19-11-. The van der Waals surface area contributed by atoms with Gasteiger partial charge in [-0.2, -0.15) is 9.78 Å². The molecule has 1 heterocycles. The van der Waals surface area contributed by atoms with E-state index in [1.54, 1.807) is 43.3 Å². The molecule has 3 rings (SSSR count). The minimum absolute atomic E-state index is 0.0115. The molecule has 3 aromatic rings. The van der Waals surface area contributed by atoms with E-state index in [0.29, 0.717) is 34.6 Å². The van der Waals surface area contributed by atoms with E-state index >= 15 is 0 Å². The van der Waals surface area contributed by atoms with E-state index in [2.05, 4.69) is 10.1 Å². The van der Waals surface area contributed by atoms with Crippen LogP contribution in [0.3, 0.4) is 0 Å². The molecule has 0 aliphatic carbocycles. The zero-order chi connectivity index (χ0) is 17.1. The van der Waals surface area contributed by atoms with Crippen LogP contribution in [0.2, 0.25) is 0 Å². The summed E-state index contributed by atoms with van der Waals surface area (Å²) >= 11 is 0. The number of nitrogens with zero attached hydrogens (tertiary/aromatic N) is 3. The van der Waals surface area contributed by atoms with Crippen molar-refractivity contribution < 1.29 is 9.84 Å². The third-order valence-corrected chi connectivity index (χ3v) is 3.56. The Morgan fingerprint density at radius 1 is 1.25 bits per heavy atom. The third-order valence-electron chi connectivity index (χ3n) is 3.56. The topological polar surface area (TPSA) is 76.7 Å². The zero-order valence-electron chi connectivity index (χ0n) is 13.4. The van der Waals surface area contributed by atoms with E-state index in [1.807, 2.05) is 13.0 Å². The Balaban J connectivity index is 2.06. The van der Waals surface area contributed by atoms with Crippen molar-refractivity contribution in [1.29, 1.82) is 0 Å². The van der Waals surface area contributed by atoms with Gasteiger partial charge in [0, 0.05) is 5.56 Å². The average molecular weight is 323 g/mol. The molecule has 0 fully saturated rings. The maximum atomic E-state index is 12.5. The number of para-hydroxylation sites is 2. The molecular formula is C18H17N3O3. The molecule has 6 heteroatoms. The van der Waals surface area contributed by atoms with Crippen molar-refractivity contribution in [3.05, 3.63) is 64.2 Å². The van der Waals surface area contributed by atoms with Gasteiger partial charge in [-0.15, -0.1) is 0 Å². The first-order chi connectivity index (χ1) is 11.6. The van der Waals surface area contributed by atoms with Crippen molar-refractivity contribution in [3.63, 3.8) is 0 Å². The maximum absolute atomic E-state index is 12.5. The highest BCUT2D eigenvalue weighted by molar-refractivity contribution is 5.85. The minimum Gasteiger partial charge on any atom is -0.504 e. The fourth-order valence-electron chi connectivity index (χ4n) is 2.41. The van der Waals surface area contributed by atoms with Gasteiger partial charge >= 0.3 is 0 Å². The molecule has 1 N–H and O–H groups in total. The normalized spacial score (nSPS) is 11.2. The van der Waals surface area contributed by atoms with E-state index in [0.717, 1.165) is 0 Å². The first-order valence-corrected chi connectivity index (χ1v) is 7.59. The molecule has 6 nitrogen and oxygen atoms in total. The van der Waals surface area contributed by atoms with Crippen molar-refractivity contribution in [2.75, 3.05) is 6.61 Å². The van der Waals surface area contributed by atoms with Gasteiger partial charge in [0.15, 0.2) is 11.5 Å². The van der Waals surface area contributed by atoms with Crippen molar-refractivity contribution >= 4 is 17.1 Å². The Hall–Kier alpha value is -3.15. The monoisotopic (exact) mass is 323 g/mol. The molecular weight excluding hydrogens is 306 g/mol. The summed E-state index contributed by atoms with van der Waals surface area (Å²) in [5.41, 5.74) is 0.836. The summed E-state index contributed by atoms with van der Waals surface area (Å²) in [5.74, 6) is 0.833. The number of rotatable bonds is 4. The van der Waals surface area contributed by atoms with Crippen LogP contribution in [-0.4, -0.2) is 27.6 Å². The van der Waals surface area contributed by atoms with Crippen LogP contribution in [0.1, 0.15) is 18.3 Å². The molecule has 122 valence electrons. The van der Waals surface area contributed by atoms with Crippen molar-refractivity contribution in [2.45, 2.75) is 13.8 Å². The molecule has 0 saturated carbocycles. The Labute approximate surface area is 138 Å². The van der Waals surface area contributed by atoms with Crippen LogP contribution < -0.4 is 10.3 Å². The molecule has 1 aromatic heterocycles. The second-order valence-electron chi connectivity index (χ2n) is 5.16. The number of phenols is 1. The smallest absolute Gasteiger partial charge is 0.282 e. The first-order valence-electron chi connectivity index (χ1n) is 7.59. The number of aromatic nitrogens is 2. The van der Waals surface area contributed by atoms with Gasteiger partial charge in [0.25, 0.3) is 5.56 Å². The van der Waals surface area contributed by atoms with Crippen molar-refractivity contribution in [3.8, 4) is 11.5 Å². The lowest BCUT2D eigenvalue weighted by atomic mass is 10.2. The number of aromatic hydroxyl groups is 1. The van der Waals surface area contributed by atoms with E-state index in [-0.39, 0.29) is 11.3 Å². The summed E-state index contributed by atoms with van der Waals surface area (Å²) in [4.78, 5) is 16.9. The van der Waals surface area contributed by atoms with Crippen LogP contribution in [0, 0.1) is 6.92 Å². The fourth-order valence-corrected chi connectivity index (χ4v) is 2.41. The summed E-state index contributed by atoms with van der Waals surface area (Å²) in [6.45, 7) is 3.99. The largest absolute Gasteiger partial charge is 0.504 e. The lowest BCUT2D eigenvalue weighted by Crippen LogP contribution is -2.20. The van der Waals surface area contributed by atoms with Gasteiger partial charge < -0.3 is 9.84 Å². The highest BCUT2D eigenvalue weighted by Crippen LogP contribution is 2.28. The van der Waals surface area contributed by atoms with Crippen LogP contribution in [-0.2, 0) is 0 Å². The zero-order valence-corrected chi connectivity index (χ0v) is 13.4. The van der Waals surface area contributed by atoms with E-state index in [4.69, 9.17) is 4.74 Å². The molecule has 0 atom stereocenters. The Morgan fingerprint density at radius 3 is 2.83 bits per heavy atom. The summed E-state index contributed by atoms with van der Waals surface area (Å²) < 4.78 is 6.56. The fraction of sp³-hybridized carbons (Fsp3) is 0.167. The second-order valence-corrected chi connectivity index (χ2v) is 5.16. The number of fused-ring (bicyclic) bond motifs is 1. The summed E-state index contributed by atoms with van der Waals surface area (Å²) in [7, 11) is 0. The van der Waals surface area contributed by atoms with Crippen LogP contribution in [0.5, 0.6) is 11.5 Å². The second kappa shape index (κ2) is 6.54. The lowest BCUT2D eigenvalue weighted by Gasteiger charge is -2.08. The van der Waals surface area contributed by atoms with E-state index in [9.17, 15) is 9.90 Å². The summed E-state index contributed by atoms with van der Waals surface area (Å²) in [6, 6.07) is 12.2. The molecule has 0 unspecified atom stereocenters. The van der Waals surface area contributed by atoms with E-state index in [1.165, 1.54) is 10.9 Å². The quantitative estimate of drug-likeness (QED) is 0.749. The first kappa shape index (κ1) is 15.7. The molecule has 0 radical (unpaired) electrons. The molecule has 0 spiro atoms. The molecule has 24 heavy (non-hydrogen) atoms. The Bertz CT molecular complexity index is 977. The predicted molar refractivity (Wildman–Crippen MR) is 93.0 cm³/mol. The molecule has 0 bridgehead atoms. The third kappa shape index (κ3) is 2.86. The highest BCUT2D eigenvalue weighted by atomic mass is 16.5. The van der Waals surface area contributed by atoms with Crippen molar-refractivity contribution in [2.24, 2.45) is 5.10 Å². The van der Waals surface area contributed by atoms with Gasteiger partial charge in [0.1, 0.15) is 5.82 Å². The number of hydrogen-bond acceptors (Lipinski definition) is 5. The summed E-state index contributed by atoms with van der Waals surface area (Å²) in [5, 5.41) is 14.9. The van der Waals surface area contributed by atoms with E-state index < -0.39 is 0 Å². The average Bonchev–Trinajstić information content (AvgIpc) is 2.58. The maximum Gasteiger partial charge on any atom is 0.282 e. The molecule has 0 aliphatic rings. The molecule has 2 aromatic carbocycles. The Morgan fingerprint density at radius 2 is 2.04 bits per heavy atom. The minimum atomic E-state index is -0.255. The van der Waals surface area contributed by atoms with Crippen LogP contribution in [0.4, 0.5) is 0 Å². The number of phenolic OH excluding ortho intramolecular Hbond substituents is 1. The van der Waals surface area contributed by atoms with Crippen LogP contribution in [0.25, 0.3) is 10.9 Å². The number of hydrogen-bond donors (Lipinski definition) is 1. The van der Waals surface area contributed by atoms with Crippen molar-refractivity contribution in [1.82, 2.24) is 9.66 Å². The van der Waals surface area contributed by atoms with Gasteiger partial charge in [-0.05, 0) is 38.1 Å². The van der Waals surface area contributed by atoms with Gasteiger partial charge in [-0.3, -0.25) is 4.79 Å². The van der Waals surface area contributed by atoms with Gasteiger partial charge in [0.05, 0.1) is 23.7 Å². The van der Waals surface area contributed by atoms with Gasteiger partial charge in [-0.25, -0.2) is 4.98 Å². The lowest BCUT2D eigenvalue weighted by molar-refractivity contribution is 0.318. The molecule has 0 amide bonds. The van der Waals surface area contributed by atoms with Crippen LogP contribution in [0.15, 0.2) is 52.4 Å².